The van der Waals surface area contributed by atoms with Gasteiger partial charge in [0.2, 0.25) is 0 Å². The average molecular weight is 338 g/mol. The normalized spacial score (nSPS) is 11.0. The highest BCUT2D eigenvalue weighted by Gasteiger charge is 2.11. The monoisotopic (exact) mass is 338 g/mol. The van der Waals surface area contributed by atoms with Gasteiger partial charge in [-0.2, -0.15) is 0 Å². The molecule has 124 valence electrons. The summed E-state index contributed by atoms with van der Waals surface area (Å²) >= 11 is 1.69. The quantitative estimate of drug-likeness (QED) is 0.355. The van der Waals surface area contributed by atoms with E-state index in [0.717, 1.165) is 28.4 Å². The minimum absolute atomic E-state index is 0.0439. The first-order chi connectivity index (χ1) is 11.8. The predicted molar refractivity (Wildman–Crippen MR) is 102 cm³/mol. The number of thioether (sulfide) groups is 1. The summed E-state index contributed by atoms with van der Waals surface area (Å²) in [5, 5.41) is 1.50. The first-order valence-electron chi connectivity index (χ1n) is 8.46. The second-order valence-electron chi connectivity index (χ2n) is 5.84. The van der Waals surface area contributed by atoms with E-state index in [1.54, 1.807) is 11.8 Å². The highest BCUT2D eigenvalue weighted by molar-refractivity contribution is 7.99. The van der Waals surface area contributed by atoms with E-state index in [-0.39, 0.29) is 5.56 Å². The molecule has 0 amide bonds. The molecular formula is C20H22N2OS. The molecule has 3 rings (SSSR count). The summed E-state index contributed by atoms with van der Waals surface area (Å²) < 4.78 is 1.81. The van der Waals surface area contributed by atoms with Crippen molar-refractivity contribution in [1.29, 1.82) is 0 Å². The number of nitrogens with zero attached hydrogens (tertiary/aromatic N) is 2. The Labute approximate surface area is 146 Å². The van der Waals surface area contributed by atoms with Crippen molar-refractivity contribution in [2.45, 2.75) is 37.9 Å². The van der Waals surface area contributed by atoms with Crippen LogP contribution in [0.2, 0.25) is 0 Å². The van der Waals surface area contributed by atoms with Crippen molar-refractivity contribution in [2.24, 2.45) is 0 Å². The molecule has 0 spiro atoms. The van der Waals surface area contributed by atoms with Crippen LogP contribution in [0.5, 0.6) is 0 Å². The summed E-state index contributed by atoms with van der Waals surface area (Å²) in [6, 6.07) is 17.7. The number of unbranched alkanes of at least 4 members (excludes halogenated alkanes) is 2. The van der Waals surface area contributed by atoms with E-state index < -0.39 is 0 Å². The summed E-state index contributed by atoms with van der Waals surface area (Å²) in [7, 11) is 0. The van der Waals surface area contributed by atoms with Gasteiger partial charge >= 0.3 is 0 Å². The Morgan fingerprint density at radius 3 is 2.54 bits per heavy atom. The van der Waals surface area contributed by atoms with Crippen LogP contribution in [0, 0.1) is 0 Å². The minimum atomic E-state index is 0.0439. The molecule has 24 heavy (non-hydrogen) atoms. The summed E-state index contributed by atoms with van der Waals surface area (Å²) in [5.41, 5.74) is 1.94. The smallest absolute Gasteiger partial charge is 0.262 e. The van der Waals surface area contributed by atoms with Gasteiger partial charge in [0, 0.05) is 5.75 Å². The fourth-order valence-corrected chi connectivity index (χ4v) is 3.68. The van der Waals surface area contributed by atoms with Crippen molar-refractivity contribution in [3.63, 3.8) is 0 Å². The molecule has 0 aliphatic heterocycles. The van der Waals surface area contributed by atoms with Crippen molar-refractivity contribution >= 4 is 22.7 Å². The lowest BCUT2D eigenvalue weighted by molar-refractivity contribution is 0.657. The highest BCUT2D eigenvalue weighted by Crippen LogP contribution is 2.20. The van der Waals surface area contributed by atoms with Crippen molar-refractivity contribution in [3.05, 3.63) is 70.5 Å². The number of hydrogen-bond acceptors (Lipinski definition) is 3. The second kappa shape index (κ2) is 8.15. The van der Waals surface area contributed by atoms with Gasteiger partial charge in [-0.3, -0.25) is 9.36 Å². The zero-order chi connectivity index (χ0) is 16.8. The van der Waals surface area contributed by atoms with Crippen LogP contribution in [0.15, 0.2) is 64.5 Å². The summed E-state index contributed by atoms with van der Waals surface area (Å²) in [4.78, 5) is 17.7. The fraction of sp³-hybridized carbons (Fsp3) is 0.300. The molecule has 0 bridgehead atoms. The van der Waals surface area contributed by atoms with Gasteiger partial charge in [0.25, 0.3) is 5.56 Å². The van der Waals surface area contributed by atoms with Crippen molar-refractivity contribution < 1.29 is 0 Å². The number of para-hydroxylation sites is 1. The van der Waals surface area contributed by atoms with Crippen LogP contribution >= 0.6 is 11.8 Å². The maximum absolute atomic E-state index is 13.0. The van der Waals surface area contributed by atoms with E-state index in [9.17, 15) is 4.79 Å². The SMILES string of the molecule is CCCCCSc1nc2ccccc2c(=O)n1Cc1ccccc1. The lowest BCUT2D eigenvalue weighted by Crippen LogP contribution is -2.24. The largest absolute Gasteiger partial charge is 0.283 e. The Kier molecular flexibility index (Phi) is 5.70. The molecule has 0 radical (unpaired) electrons. The van der Waals surface area contributed by atoms with Crippen molar-refractivity contribution in [1.82, 2.24) is 9.55 Å². The third kappa shape index (κ3) is 3.88. The molecule has 1 heterocycles. The first-order valence-corrected chi connectivity index (χ1v) is 9.44. The molecule has 0 aliphatic carbocycles. The zero-order valence-corrected chi connectivity index (χ0v) is 14.8. The summed E-state index contributed by atoms with van der Waals surface area (Å²) in [6.07, 6.45) is 3.56. The van der Waals surface area contributed by atoms with E-state index in [2.05, 4.69) is 6.92 Å². The van der Waals surface area contributed by atoms with Gasteiger partial charge in [0.05, 0.1) is 17.4 Å². The van der Waals surface area contributed by atoms with Crippen LogP contribution in [0.3, 0.4) is 0 Å². The van der Waals surface area contributed by atoms with E-state index in [1.165, 1.54) is 12.8 Å². The summed E-state index contributed by atoms with van der Waals surface area (Å²) in [6.45, 7) is 2.76. The third-order valence-corrected chi connectivity index (χ3v) is 5.05. The third-order valence-electron chi connectivity index (χ3n) is 3.99. The predicted octanol–water partition coefficient (Wildman–Crippen LogP) is 4.73. The molecule has 1 aromatic heterocycles. The van der Waals surface area contributed by atoms with Gasteiger partial charge in [-0.1, -0.05) is 74.0 Å². The van der Waals surface area contributed by atoms with Crippen LogP contribution in [-0.2, 0) is 6.54 Å². The summed E-state index contributed by atoms with van der Waals surface area (Å²) in [5.74, 6) is 0.993. The Balaban J connectivity index is 1.99. The minimum Gasteiger partial charge on any atom is -0.283 e. The highest BCUT2D eigenvalue weighted by atomic mass is 32.2. The van der Waals surface area contributed by atoms with Crippen LogP contribution in [-0.4, -0.2) is 15.3 Å². The Bertz CT molecular complexity index is 858. The molecule has 3 nitrogen and oxygen atoms in total. The van der Waals surface area contributed by atoms with Crippen molar-refractivity contribution in [3.8, 4) is 0 Å². The van der Waals surface area contributed by atoms with Crippen molar-refractivity contribution in [2.75, 3.05) is 5.75 Å². The Hall–Kier alpha value is -2.07. The molecular weight excluding hydrogens is 316 g/mol. The van der Waals surface area contributed by atoms with Gasteiger partial charge in [0.1, 0.15) is 0 Å². The Morgan fingerprint density at radius 2 is 1.75 bits per heavy atom. The number of benzene rings is 2. The number of rotatable bonds is 7. The van der Waals surface area contributed by atoms with E-state index in [4.69, 9.17) is 4.98 Å². The van der Waals surface area contributed by atoms with Crippen LogP contribution in [0.1, 0.15) is 31.7 Å². The number of fused-ring (bicyclic) bond motifs is 1. The maximum atomic E-state index is 13.0. The molecule has 0 saturated heterocycles. The molecule has 0 atom stereocenters. The number of aromatic nitrogens is 2. The van der Waals surface area contributed by atoms with Gasteiger partial charge < -0.3 is 0 Å². The second-order valence-corrected chi connectivity index (χ2v) is 6.91. The van der Waals surface area contributed by atoms with Gasteiger partial charge in [-0.05, 0) is 24.1 Å². The topological polar surface area (TPSA) is 34.9 Å². The van der Waals surface area contributed by atoms with Crippen LogP contribution in [0.25, 0.3) is 10.9 Å². The molecule has 3 aromatic rings. The maximum Gasteiger partial charge on any atom is 0.262 e. The number of hydrogen-bond donors (Lipinski definition) is 0. The zero-order valence-electron chi connectivity index (χ0n) is 13.9. The molecule has 2 aromatic carbocycles. The molecule has 4 heteroatoms. The van der Waals surface area contributed by atoms with E-state index in [1.807, 2.05) is 59.2 Å². The lowest BCUT2D eigenvalue weighted by atomic mass is 10.2. The molecule has 0 saturated carbocycles. The lowest BCUT2D eigenvalue weighted by Gasteiger charge is -2.13. The molecule has 0 aliphatic rings. The van der Waals surface area contributed by atoms with E-state index in [0.29, 0.717) is 11.9 Å². The van der Waals surface area contributed by atoms with Gasteiger partial charge in [-0.15, -0.1) is 0 Å². The average Bonchev–Trinajstić information content (AvgIpc) is 2.62. The molecule has 0 N–H and O–H groups in total. The Morgan fingerprint density at radius 1 is 1.00 bits per heavy atom. The fourth-order valence-electron chi connectivity index (χ4n) is 2.68. The van der Waals surface area contributed by atoms with Gasteiger partial charge in [-0.25, -0.2) is 4.98 Å². The van der Waals surface area contributed by atoms with Crippen LogP contribution < -0.4 is 5.56 Å². The molecule has 0 fully saturated rings. The van der Waals surface area contributed by atoms with Gasteiger partial charge in [0.15, 0.2) is 5.16 Å². The molecule has 0 unspecified atom stereocenters. The standard InChI is InChI=1S/C20H22N2OS/c1-2-3-9-14-24-20-21-18-13-8-7-12-17(18)19(23)22(20)15-16-10-5-4-6-11-16/h4-8,10-13H,2-3,9,14-15H2,1H3. The van der Waals surface area contributed by atoms with E-state index >= 15 is 0 Å². The van der Waals surface area contributed by atoms with Crippen LogP contribution in [0.4, 0.5) is 0 Å². The first kappa shape index (κ1) is 16.8.